The SMILES string of the molecule is CCCCCC12CCC(c3ccc(CCc4ccc(OCCCC)c(C#N)c4C#N)cc3)(CC1)CC2. The van der Waals surface area contributed by atoms with Crippen LogP contribution in [0.25, 0.3) is 0 Å². The molecule has 2 aromatic carbocycles. The Morgan fingerprint density at radius 3 is 2.03 bits per heavy atom. The van der Waals surface area contributed by atoms with Crippen LogP contribution in [0.3, 0.4) is 0 Å². The summed E-state index contributed by atoms with van der Waals surface area (Å²) in [6.07, 6.45) is 17.4. The van der Waals surface area contributed by atoms with Gasteiger partial charge in [0.05, 0.1) is 12.2 Å². The molecular formula is C33H42N2O. The smallest absolute Gasteiger partial charge is 0.138 e. The molecule has 0 aliphatic heterocycles. The van der Waals surface area contributed by atoms with E-state index in [0.717, 1.165) is 31.2 Å². The van der Waals surface area contributed by atoms with Crippen molar-refractivity contribution in [1.82, 2.24) is 0 Å². The normalized spacial score (nSPS) is 22.7. The maximum Gasteiger partial charge on any atom is 0.138 e. The third kappa shape index (κ3) is 5.62. The van der Waals surface area contributed by atoms with E-state index in [9.17, 15) is 10.5 Å². The molecule has 2 bridgehead atoms. The Labute approximate surface area is 218 Å². The van der Waals surface area contributed by atoms with Gasteiger partial charge in [-0.1, -0.05) is 69.9 Å². The van der Waals surface area contributed by atoms with Crippen LogP contribution in [0, 0.1) is 28.1 Å². The Balaban J connectivity index is 1.39. The molecule has 3 fully saturated rings. The fourth-order valence-corrected chi connectivity index (χ4v) is 6.65. The molecular weight excluding hydrogens is 440 g/mol. The Morgan fingerprint density at radius 2 is 1.42 bits per heavy atom. The fourth-order valence-electron chi connectivity index (χ4n) is 6.65. The van der Waals surface area contributed by atoms with Crippen molar-refractivity contribution in [3.05, 3.63) is 64.2 Å². The highest BCUT2D eigenvalue weighted by Gasteiger charge is 2.48. The van der Waals surface area contributed by atoms with Crippen molar-refractivity contribution in [3.8, 4) is 17.9 Å². The summed E-state index contributed by atoms with van der Waals surface area (Å²) in [5.74, 6) is 0.532. The number of unbranched alkanes of at least 4 members (excludes halogenated alkanes) is 3. The predicted octanol–water partition coefficient (Wildman–Crippen LogP) is 8.57. The molecule has 3 saturated carbocycles. The number of fused-ring (bicyclic) bond motifs is 3. The van der Waals surface area contributed by atoms with Gasteiger partial charge in [0, 0.05) is 0 Å². The predicted molar refractivity (Wildman–Crippen MR) is 146 cm³/mol. The summed E-state index contributed by atoms with van der Waals surface area (Å²) >= 11 is 0. The van der Waals surface area contributed by atoms with Crippen molar-refractivity contribution in [2.24, 2.45) is 5.41 Å². The van der Waals surface area contributed by atoms with E-state index in [-0.39, 0.29) is 0 Å². The van der Waals surface area contributed by atoms with Crippen molar-refractivity contribution in [3.63, 3.8) is 0 Å². The molecule has 2 aromatic rings. The molecule has 0 N–H and O–H groups in total. The minimum absolute atomic E-state index is 0.376. The van der Waals surface area contributed by atoms with Crippen LogP contribution >= 0.6 is 0 Å². The number of rotatable bonds is 12. The Morgan fingerprint density at radius 1 is 0.750 bits per heavy atom. The highest BCUT2D eigenvalue weighted by atomic mass is 16.5. The molecule has 3 aliphatic carbocycles. The van der Waals surface area contributed by atoms with Gasteiger partial charge in [0.15, 0.2) is 0 Å². The van der Waals surface area contributed by atoms with Crippen molar-refractivity contribution in [2.45, 2.75) is 109 Å². The topological polar surface area (TPSA) is 56.8 Å². The van der Waals surface area contributed by atoms with E-state index in [1.165, 1.54) is 75.3 Å². The first-order valence-corrected chi connectivity index (χ1v) is 14.3. The molecule has 5 rings (SSSR count). The Kier molecular flexibility index (Phi) is 8.74. The van der Waals surface area contributed by atoms with Gasteiger partial charge in [-0.25, -0.2) is 0 Å². The highest BCUT2D eigenvalue weighted by Crippen LogP contribution is 2.59. The number of aryl methyl sites for hydroxylation is 2. The van der Waals surface area contributed by atoms with Crippen LogP contribution in [0.4, 0.5) is 0 Å². The van der Waals surface area contributed by atoms with Crippen LogP contribution < -0.4 is 4.74 Å². The van der Waals surface area contributed by atoms with Crippen molar-refractivity contribution in [2.75, 3.05) is 6.61 Å². The summed E-state index contributed by atoms with van der Waals surface area (Å²) < 4.78 is 5.78. The van der Waals surface area contributed by atoms with Crippen molar-refractivity contribution in [1.29, 1.82) is 10.5 Å². The molecule has 0 heterocycles. The zero-order valence-corrected chi connectivity index (χ0v) is 22.4. The first kappa shape index (κ1) is 26.3. The lowest BCUT2D eigenvalue weighted by Gasteiger charge is -2.54. The summed E-state index contributed by atoms with van der Waals surface area (Å²) in [5.41, 5.74) is 5.64. The monoisotopic (exact) mass is 482 g/mol. The minimum Gasteiger partial charge on any atom is -0.492 e. The summed E-state index contributed by atoms with van der Waals surface area (Å²) in [6, 6.07) is 17.6. The average Bonchev–Trinajstić information content (AvgIpc) is 2.93. The molecule has 3 heteroatoms. The fraction of sp³-hybridized carbons (Fsp3) is 0.576. The van der Waals surface area contributed by atoms with Gasteiger partial charge in [-0.15, -0.1) is 0 Å². The number of nitriles is 2. The molecule has 0 aromatic heterocycles. The molecule has 0 amide bonds. The third-order valence-corrected chi connectivity index (χ3v) is 9.19. The number of ether oxygens (including phenoxy) is 1. The molecule has 190 valence electrons. The third-order valence-electron chi connectivity index (χ3n) is 9.19. The number of nitrogens with zero attached hydrogens (tertiary/aromatic N) is 2. The minimum atomic E-state index is 0.376. The second-order valence-electron chi connectivity index (χ2n) is 11.3. The molecule has 36 heavy (non-hydrogen) atoms. The van der Waals surface area contributed by atoms with Crippen molar-refractivity contribution >= 4 is 0 Å². The van der Waals surface area contributed by atoms with E-state index < -0.39 is 0 Å². The summed E-state index contributed by atoms with van der Waals surface area (Å²) in [6.45, 7) is 4.98. The van der Waals surface area contributed by atoms with Gasteiger partial charge >= 0.3 is 0 Å². The van der Waals surface area contributed by atoms with Crippen molar-refractivity contribution < 1.29 is 4.74 Å². The molecule has 3 aliphatic rings. The first-order valence-electron chi connectivity index (χ1n) is 14.3. The van der Waals surface area contributed by atoms with Crippen LogP contribution in [0.1, 0.15) is 119 Å². The number of hydrogen-bond donors (Lipinski definition) is 0. The summed E-state index contributed by atoms with van der Waals surface area (Å²) in [5, 5.41) is 19.5. The molecule has 0 unspecified atom stereocenters. The summed E-state index contributed by atoms with van der Waals surface area (Å²) in [7, 11) is 0. The van der Waals surface area contributed by atoms with E-state index >= 15 is 0 Å². The van der Waals surface area contributed by atoms with Gasteiger partial charge in [-0.05, 0) is 97.8 Å². The van der Waals surface area contributed by atoms with Gasteiger partial charge in [0.25, 0.3) is 0 Å². The molecule has 0 spiro atoms. The lowest BCUT2D eigenvalue weighted by Crippen LogP contribution is -2.44. The second kappa shape index (κ2) is 12.0. The van der Waals surface area contributed by atoms with E-state index in [1.807, 2.05) is 12.1 Å². The van der Waals surface area contributed by atoms with Crippen LogP contribution in [0.15, 0.2) is 36.4 Å². The quantitative estimate of drug-likeness (QED) is 0.285. The Hall–Kier alpha value is -2.78. The van der Waals surface area contributed by atoms with Gasteiger partial charge < -0.3 is 4.74 Å². The molecule has 0 saturated heterocycles. The standard InChI is InChI=1S/C33H42N2O/c1-3-5-7-16-32-17-20-33(21-18-32,22-19-32)28-13-9-26(10-14-28)8-11-27-12-15-31(36-23-6-4-2)30(25-35)29(27)24-34/h9-10,12-15H,3-8,11,16-23H2,1-2H3. The number of hydrogen-bond acceptors (Lipinski definition) is 3. The lowest BCUT2D eigenvalue weighted by molar-refractivity contribution is 0.0305. The van der Waals surface area contributed by atoms with Gasteiger partial charge in [-0.3, -0.25) is 0 Å². The maximum atomic E-state index is 9.79. The van der Waals surface area contributed by atoms with E-state index in [1.54, 1.807) is 0 Å². The molecule has 0 radical (unpaired) electrons. The average molecular weight is 483 g/mol. The van der Waals surface area contributed by atoms with Gasteiger partial charge in [-0.2, -0.15) is 10.5 Å². The summed E-state index contributed by atoms with van der Waals surface area (Å²) in [4.78, 5) is 0. The number of benzene rings is 2. The molecule has 3 nitrogen and oxygen atoms in total. The van der Waals surface area contributed by atoms with Gasteiger partial charge in [0.1, 0.15) is 23.5 Å². The highest BCUT2D eigenvalue weighted by molar-refractivity contribution is 5.58. The van der Waals surface area contributed by atoms with Crippen LogP contribution in [0.5, 0.6) is 5.75 Å². The first-order chi connectivity index (χ1) is 17.6. The van der Waals surface area contributed by atoms with E-state index in [4.69, 9.17) is 4.74 Å². The Bertz CT molecular complexity index is 1080. The van der Waals surface area contributed by atoms with Crippen LogP contribution in [-0.4, -0.2) is 6.61 Å². The molecule has 0 atom stereocenters. The second-order valence-corrected chi connectivity index (χ2v) is 11.3. The van der Waals surface area contributed by atoms with E-state index in [0.29, 0.717) is 34.3 Å². The van der Waals surface area contributed by atoms with Crippen LogP contribution in [0.2, 0.25) is 0 Å². The maximum absolute atomic E-state index is 9.79. The lowest BCUT2D eigenvalue weighted by atomic mass is 9.51. The van der Waals surface area contributed by atoms with Gasteiger partial charge in [0.2, 0.25) is 0 Å². The zero-order chi connectivity index (χ0) is 25.4. The van der Waals surface area contributed by atoms with E-state index in [2.05, 4.69) is 50.3 Å². The zero-order valence-electron chi connectivity index (χ0n) is 22.4. The largest absolute Gasteiger partial charge is 0.492 e. The van der Waals surface area contributed by atoms with Crippen LogP contribution in [-0.2, 0) is 18.3 Å².